The zero-order valence-electron chi connectivity index (χ0n) is 4.59. The number of hydrogen-bond acceptors (Lipinski definition) is 3. The van der Waals surface area contributed by atoms with Crippen molar-refractivity contribution in [2.24, 2.45) is 0 Å². The summed E-state index contributed by atoms with van der Waals surface area (Å²) < 4.78 is 4.12. The SMILES string of the molecule is CCCSOC(=O)O. The van der Waals surface area contributed by atoms with Crippen molar-refractivity contribution in [3.63, 3.8) is 0 Å². The monoisotopic (exact) mass is 136 g/mol. The van der Waals surface area contributed by atoms with Crippen LogP contribution in [0.25, 0.3) is 0 Å². The molecule has 0 heterocycles. The molecule has 0 rings (SSSR count). The maximum atomic E-state index is 9.63. The highest BCUT2D eigenvalue weighted by molar-refractivity contribution is 7.95. The van der Waals surface area contributed by atoms with Gasteiger partial charge in [-0.2, -0.15) is 0 Å². The van der Waals surface area contributed by atoms with Crippen LogP contribution in [0, 0.1) is 0 Å². The Morgan fingerprint density at radius 1 is 1.88 bits per heavy atom. The first-order valence-corrected chi connectivity index (χ1v) is 3.20. The second-order valence-electron chi connectivity index (χ2n) is 1.17. The third-order valence-corrected chi connectivity index (χ3v) is 1.25. The van der Waals surface area contributed by atoms with E-state index in [4.69, 9.17) is 5.11 Å². The molecule has 1 N–H and O–H groups in total. The van der Waals surface area contributed by atoms with Crippen LogP contribution in [-0.2, 0) is 4.18 Å². The molecule has 0 aromatic heterocycles. The summed E-state index contributed by atoms with van der Waals surface area (Å²) in [5, 5.41) is 7.90. The highest BCUT2D eigenvalue weighted by atomic mass is 32.2. The van der Waals surface area contributed by atoms with E-state index in [-0.39, 0.29) is 0 Å². The number of carboxylic acid groups (broad SMARTS) is 1. The first-order chi connectivity index (χ1) is 3.77. The molecule has 3 nitrogen and oxygen atoms in total. The highest BCUT2D eigenvalue weighted by Gasteiger charge is 1.93. The van der Waals surface area contributed by atoms with Gasteiger partial charge in [-0.05, 0) is 6.42 Å². The molecule has 0 fully saturated rings. The van der Waals surface area contributed by atoms with Crippen LogP contribution in [0.5, 0.6) is 0 Å². The fourth-order valence-electron chi connectivity index (χ4n) is 0.175. The van der Waals surface area contributed by atoms with Crippen molar-refractivity contribution in [1.82, 2.24) is 0 Å². The molecule has 0 atom stereocenters. The summed E-state index contributed by atoms with van der Waals surface area (Å²) in [5.41, 5.74) is 0. The molecule has 0 aliphatic carbocycles. The molecule has 48 valence electrons. The van der Waals surface area contributed by atoms with Crippen molar-refractivity contribution in [1.29, 1.82) is 0 Å². The van der Waals surface area contributed by atoms with Crippen molar-refractivity contribution in [3.8, 4) is 0 Å². The first kappa shape index (κ1) is 7.62. The molecule has 0 saturated carbocycles. The summed E-state index contributed by atoms with van der Waals surface area (Å²) in [7, 11) is 0. The van der Waals surface area contributed by atoms with E-state index >= 15 is 0 Å². The van der Waals surface area contributed by atoms with Gasteiger partial charge in [-0.3, -0.25) is 0 Å². The van der Waals surface area contributed by atoms with Gasteiger partial charge >= 0.3 is 6.16 Å². The Bertz CT molecular complexity index is 73.7. The van der Waals surface area contributed by atoms with Crippen LogP contribution in [0.1, 0.15) is 13.3 Å². The Morgan fingerprint density at radius 3 is 2.88 bits per heavy atom. The molecular weight excluding hydrogens is 128 g/mol. The van der Waals surface area contributed by atoms with Crippen LogP contribution in [-0.4, -0.2) is 17.0 Å². The number of hydrogen-bond donors (Lipinski definition) is 1. The smallest absolute Gasteiger partial charge is 0.449 e. The zero-order chi connectivity index (χ0) is 6.41. The van der Waals surface area contributed by atoms with Crippen LogP contribution < -0.4 is 0 Å². The van der Waals surface area contributed by atoms with Gasteiger partial charge in [0.05, 0.1) is 12.0 Å². The zero-order valence-corrected chi connectivity index (χ0v) is 5.40. The lowest BCUT2D eigenvalue weighted by molar-refractivity contribution is 0.153. The van der Waals surface area contributed by atoms with Gasteiger partial charge in [-0.15, -0.1) is 0 Å². The molecule has 0 amide bonds. The van der Waals surface area contributed by atoms with Gasteiger partial charge in [0.1, 0.15) is 0 Å². The molecule has 0 aliphatic rings. The molecular formula is C4H8O3S. The van der Waals surface area contributed by atoms with E-state index in [9.17, 15) is 4.79 Å². The van der Waals surface area contributed by atoms with Gasteiger partial charge in [0.25, 0.3) is 0 Å². The quantitative estimate of drug-likeness (QED) is 0.474. The molecule has 0 unspecified atom stereocenters. The lowest BCUT2D eigenvalue weighted by Gasteiger charge is -1.92. The third kappa shape index (κ3) is 5.62. The van der Waals surface area contributed by atoms with Gasteiger partial charge in [-0.1, -0.05) is 6.92 Å². The maximum absolute atomic E-state index is 9.63. The minimum Gasteiger partial charge on any atom is -0.449 e. The molecule has 0 aromatic rings. The first-order valence-electron chi connectivity index (χ1n) is 2.29. The third-order valence-electron chi connectivity index (χ3n) is 0.418. The molecule has 0 aromatic carbocycles. The van der Waals surface area contributed by atoms with E-state index in [2.05, 4.69) is 4.18 Å². The van der Waals surface area contributed by atoms with Crippen molar-refractivity contribution in [2.75, 3.05) is 5.75 Å². The van der Waals surface area contributed by atoms with Gasteiger partial charge in [-0.25, -0.2) is 4.79 Å². The van der Waals surface area contributed by atoms with Gasteiger partial charge < -0.3 is 9.29 Å². The molecule has 0 aliphatic heterocycles. The van der Waals surface area contributed by atoms with Gasteiger partial charge in [0, 0.05) is 5.75 Å². The van der Waals surface area contributed by atoms with E-state index in [1.165, 1.54) is 0 Å². The fourth-order valence-corrected chi connectivity index (χ4v) is 0.526. The molecule has 0 spiro atoms. The summed E-state index contributed by atoms with van der Waals surface area (Å²) in [5.74, 6) is 0.728. The van der Waals surface area contributed by atoms with E-state index in [1.54, 1.807) is 0 Å². The Hall–Kier alpha value is -0.380. The van der Waals surface area contributed by atoms with Crippen LogP contribution in [0.3, 0.4) is 0 Å². The standard InChI is InChI=1S/C4H8O3S/c1-2-3-8-7-4(5)6/h2-3H2,1H3,(H,5,6). The van der Waals surface area contributed by atoms with Gasteiger partial charge in [0.15, 0.2) is 0 Å². The van der Waals surface area contributed by atoms with E-state index < -0.39 is 6.16 Å². The van der Waals surface area contributed by atoms with Crippen molar-refractivity contribution in [3.05, 3.63) is 0 Å². The summed E-state index contributed by atoms with van der Waals surface area (Å²) >= 11 is 0.962. The van der Waals surface area contributed by atoms with Crippen LogP contribution >= 0.6 is 12.0 Å². The summed E-state index contributed by atoms with van der Waals surface area (Å²) in [6.07, 6.45) is -0.291. The van der Waals surface area contributed by atoms with Crippen molar-refractivity contribution < 1.29 is 14.1 Å². The normalized spacial score (nSPS) is 8.62. The average Bonchev–Trinajstić information content (AvgIpc) is 1.66. The second-order valence-corrected chi connectivity index (χ2v) is 1.98. The largest absolute Gasteiger partial charge is 0.518 e. The lowest BCUT2D eigenvalue weighted by Crippen LogP contribution is -1.91. The van der Waals surface area contributed by atoms with Crippen molar-refractivity contribution >= 4 is 18.2 Å². The summed E-state index contributed by atoms with van der Waals surface area (Å²) in [6, 6.07) is 0. The van der Waals surface area contributed by atoms with Crippen LogP contribution in [0.2, 0.25) is 0 Å². The lowest BCUT2D eigenvalue weighted by atomic mass is 10.6. The van der Waals surface area contributed by atoms with Gasteiger partial charge in [0.2, 0.25) is 0 Å². The minimum atomic E-state index is -1.22. The minimum absolute atomic E-state index is 0.728. The Balaban J connectivity index is 2.82. The maximum Gasteiger partial charge on any atom is 0.518 e. The van der Waals surface area contributed by atoms with Crippen LogP contribution in [0.4, 0.5) is 4.79 Å². The number of carbonyl (C=O) groups is 1. The van der Waals surface area contributed by atoms with E-state index in [0.29, 0.717) is 0 Å². The molecule has 4 heteroatoms. The summed E-state index contributed by atoms with van der Waals surface area (Å²) in [6.45, 7) is 1.96. The van der Waals surface area contributed by atoms with Crippen molar-refractivity contribution in [2.45, 2.75) is 13.3 Å². The predicted octanol–water partition coefficient (Wildman–Crippen LogP) is 1.74. The Kier molecular flexibility index (Phi) is 4.54. The molecule has 0 saturated heterocycles. The number of rotatable bonds is 3. The Morgan fingerprint density at radius 2 is 2.50 bits per heavy atom. The molecule has 8 heavy (non-hydrogen) atoms. The molecule has 0 bridgehead atoms. The van der Waals surface area contributed by atoms with E-state index in [0.717, 1.165) is 24.2 Å². The topological polar surface area (TPSA) is 46.5 Å². The summed E-state index contributed by atoms with van der Waals surface area (Å²) in [4.78, 5) is 9.63. The molecule has 0 radical (unpaired) electrons. The highest BCUT2D eigenvalue weighted by Crippen LogP contribution is 2.02. The van der Waals surface area contributed by atoms with Crippen LogP contribution in [0.15, 0.2) is 0 Å². The van der Waals surface area contributed by atoms with E-state index in [1.807, 2.05) is 6.92 Å². The second kappa shape index (κ2) is 4.77. The predicted molar refractivity (Wildman–Crippen MR) is 31.9 cm³/mol. The fraction of sp³-hybridized carbons (Fsp3) is 0.750. The average molecular weight is 136 g/mol. The Labute approximate surface area is 52.2 Å².